The van der Waals surface area contributed by atoms with Gasteiger partial charge in [-0.25, -0.2) is 0 Å². The van der Waals surface area contributed by atoms with E-state index < -0.39 is 0 Å². The number of ether oxygens (including phenoxy) is 2. The molecule has 0 bridgehead atoms. The lowest BCUT2D eigenvalue weighted by atomic mass is 10.1. The molecule has 2 aromatic carbocycles. The molecule has 3 rings (SSSR count). The fourth-order valence-electron chi connectivity index (χ4n) is 3.55. The summed E-state index contributed by atoms with van der Waals surface area (Å²) < 4.78 is 10.5. The van der Waals surface area contributed by atoms with Gasteiger partial charge in [0.25, 0.3) is 11.8 Å². The van der Waals surface area contributed by atoms with Gasteiger partial charge in [0.1, 0.15) is 11.5 Å². The van der Waals surface area contributed by atoms with E-state index in [-0.39, 0.29) is 17.9 Å². The summed E-state index contributed by atoms with van der Waals surface area (Å²) in [7, 11) is 3.06. The Morgan fingerprint density at radius 1 is 0.933 bits per heavy atom. The van der Waals surface area contributed by atoms with Crippen LogP contribution in [0.1, 0.15) is 47.4 Å². The Morgan fingerprint density at radius 2 is 1.67 bits per heavy atom. The van der Waals surface area contributed by atoms with Crippen molar-refractivity contribution in [1.29, 1.82) is 0 Å². The van der Waals surface area contributed by atoms with E-state index in [1.807, 2.05) is 26.0 Å². The Kier molecular flexibility index (Phi) is 6.82. The fraction of sp³-hybridized carbons (Fsp3) is 0.391. The van der Waals surface area contributed by atoms with E-state index >= 15 is 0 Å². The fourth-order valence-corrected chi connectivity index (χ4v) is 3.55. The zero-order valence-corrected chi connectivity index (χ0v) is 18.0. The third-order valence-electron chi connectivity index (χ3n) is 5.02. The van der Waals surface area contributed by atoms with Gasteiger partial charge in [-0.3, -0.25) is 9.59 Å². The Hall–Kier alpha value is -3.22. The van der Waals surface area contributed by atoms with Crippen LogP contribution >= 0.6 is 0 Å². The zero-order chi connectivity index (χ0) is 21.7. The van der Waals surface area contributed by atoms with Gasteiger partial charge in [0.05, 0.1) is 25.3 Å². The molecule has 0 aliphatic carbocycles. The molecule has 7 nitrogen and oxygen atoms in total. The van der Waals surface area contributed by atoms with Crippen molar-refractivity contribution in [2.45, 2.75) is 32.7 Å². The number of carbonyl (C=O) groups excluding carboxylic acids is 2. The quantitative estimate of drug-likeness (QED) is 0.726. The van der Waals surface area contributed by atoms with Gasteiger partial charge in [-0.05, 0) is 57.0 Å². The lowest BCUT2D eigenvalue weighted by Gasteiger charge is -2.22. The maximum atomic E-state index is 12.9. The van der Waals surface area contributed by atoms with Gasteiger partial charge in [0, 0.05) is 36.6 Å². The number of anilines is 2. The highest BCUT2D eigenvalue weighted by molar-refractivity contribution is 6.08. The third-order valence-corrected chi connectivity index (χ3v) is 5.02. The van der Waals surface area contributed by atoms with E-state index in [1.165, 1.54) is 7.11 Å². The molecule has 2 amide bonds. The minimum Gasteiger partial charge on any atom is -0.497 e. The minimum absolute atomic E-state index is 0.0192. The lowest BCUT2D eigenvalue weighted by Crippen LogP contribution is -2.32. The molecular weight excluding hydrogens is 382 g/mol. The van der Waals surface area contributed by atoms with Crippen LogP contribution < -0.4 is 25.0 Å². The van der Waals surface area contributed by atoms with Gasteiger partial charge in [-0.2, -0.15) is 0 Å². The van der Waals surface area contributed by atoms with Crippen molar-refractivity contribution in [3.63, 3.8) is 0 Å². The van der Waals surface area contributed by atoms with Crippen LogP contribution in [0.2, 0.25) is 0 Å². The molecule has 0 saturated carbocycles. The predicted molar refractivity (Wildman–Crippen MR) is 118 cm³/mol. The molecule has 7 heteroatoms. The average molecular weight is 412 g/mol. The molecule has 1 fully saturated rings. The van der Waals surface area contributed by atoms with Crippen molar-refractivity contribution in [2.24, 2.45) is 0 Å². The van der Waals surface area contributed by atoms with Gasteiger partial charge in [-0.1, -0.05) is 0 Å². The minimum atomic E-state index is -0.321. The second-order valence-electron chi connectivity index (χ2n) is 7.57. The summed E-state index contributed by atoms with van der Waals surface area (Å²) in [6.07, 6.45) is 2.22. The summed E-state index contributed by atoms with van der Waals surface area (Å²) in [5.41, 5.74) is 2.39. The van der Waals surface area contributed by atoms with Crippen LogP contribution in [0.5, 0.6) is 11.5 Å². The molecule has 0 spiro atoms. The number of nitrogens with one attached hydrogen (secondary N) is 2. The van der Waals surface area contributed by atoms with Crippen LogP contribution in [-0.4, -0.2) is 45.2 Å². The maximum absolute atomic E-state index is 12.9. The van der Waals surface area contributed by atoms with E-state index in [9.17, 15) is 9.59 Å². The van der Waals surface area contributed by atoms with Gasteiger partial charge in [-0.15, -0.1) is 0 Å². The number of methoxy groups -OCH3 is 2. The molecule has 2 aromatic rings. The smallest absolute Gasteiger partial charge is 0.259 e. The van der Waals surface area contributed by atoms with Gasteiger partial charge >= 0.3 is 0 Å². The first-order chi connectivity index (χ1) is 14.4. The van der Waals surface area contributed by atoms with E-state index in [2.05, 4.69) is 15.5 Å². The SMILES string of the molecule is COc1ccc(C(=O)Nc2ccc(N3CCCC3)c(C(=O)NC(C)C)c2)c(OC)c1. The second-order valence-corrected chi connectivity index (χ2v) is 7.57. The maximum Gasteiger partial charge on any atom is 0.259 e. The summed E-state index contributed by atoms with van der Waals surface area (Å²) in [6.45, 7) is 5.71. The third kappa shape index (κ3) is 4.84. The van der Waals surface area contributed by atoms with Gasteiger partial charge in [0.2, 0.25) is 0 Å². The highest BCUT2D eigenvalue weighted by Gasteiger charge is 2.21. The highest BCUT2D eigenvalue weighted by atomic mass is 16.5. The van der Waals surface area contributed by atoms with Crippen LogP contribution in [0.4, 0.5) is 11.4 Å². The molecule has 1 heterocycles. The Labute approximate surface area is 177 Å². The number of carbonyl (C=O) groups is 2. The molecule has 30 heavy (non-hydrogen) atoms. The van der Waals surface area contributed by atoms with Crippen molar-refractivity contribution in [2.75, 3.05) is 37.5 Å². The van der Waals surface area contributed by atoms with Crippen molar-refractivity contribution in [3.8, 4) is 11.5 Å². The van der Waals surface area contributed by atoms with Crippen molar-refractivity contribution >= 4 is 23.2 Å². The molecule has 0 unspecified atom stereocenters. The molecule has 2 N–H and O–H groups in total. The molecule has 0 aromatic heterocycles. The normalized spacial score (nSPS) is 13.3. The lowest BCUT2D eigenvalue weighted by molar-refractivity contribution is 0.0942. The molecule has 1 aliphatic heterocycles. The second kappa shape index (κ2) is 9.52. The number of hydrogen-bond donors (Lipinski definition) is 2. The summed E-state index contributed by atoms with van der Waals surface area (Å²) >= 11 is 0. The Balaban J connectivity index is 1.89. The number of nitrogens with zero attached hydrogens (tertiary/aromatic N) is 1. The largest absolute Gasteiger partial charge is 0.497 e. The number of hydrogen-bond acceptors (Lipinski definition) is 5. The first-order valence-electron chi connectivity index (χ1n) is 10.2. The van der Waals surface area contributed by atoms with Crippen LogP contribution in [0.15, 0.2) is 36.4 Å². The summed E-state index contributed by atoms with van der Waals surface area (Å²) in [5, 5.41) is 5.83. The summed E-state index contributed by atoms with van der Waals surface area (Å²) in [5.74, 6) is 0.549. The summed E-state index contributed by atoms with van der Waals surface area (Å²) in [6, 6.07) is 10.5. The van der Waals surface area contributed by atoms with Gasteiger partial charge in [0.15, 0.2) is 0 Å². The molecular formula is C23H29N3O4. The molecule has 160 valence electrons. The van der Waals surface area contributed by atoms with E-state index in [0.717, 1.165) is 31.6 Å². The first kappa shape index (κ1) is 21.5. The number of benzene rings is 2. The van der Waals surface area contributed by atoms with Crippen LogP contribution in [0, 0.1) is 0 Å². The topological polar surface area (TPSA) is 79.9 Å². The van der Waals surface area contributed by atoms with Crippen LogP contribution in [-0.2, 0) is 0 Å². The summed E-state index contributed by atoms with van der Waals surface area (Å²) in [4.78, 5) is 27.9. The number of amides is 2. The van der Waals surface area contributed by atoms with Crippen LogP contribution in [0.3, 0.4) is 0 Å². The van der Waals surface area contributed by atoms with E-state index in [1.54, 1.807) is 31.4 Å². The molecule has 1 aliphatic rings. The molecule has 1 saturated heterocycles. The first-order valence-corrected chi connectivity index (χ1v) is 10.2. The van der Waals surface area contributed by atoms with Crippen molar-refractivity contribution in [3.05, 3.63) is 47.5 Å². The van der Waals surface area contributed by atoms with Crippen molar-refractivity contribution in [1.82, 2.24) is 5.32 Å². The monoisotopic (exact) mass is 411 g/mol. The standard InChI is InChI=1S/C23H29N3O4/c1-15(2)24-23(28)19-13-16(7-10-20(19)26-11-5-6-12-26)25-22(27)18-9-8-17(29-3)14-21(18)30-4/h7-10,13-15H,5-6,11-12H2,1-4H3,(H,24,28)(H,25,27). The van der Waals surface area contributed by atoms with Crippen molar-refractivity contribution < 1.29 is 19.1 Å². The van der Waals surface area contributed by atoms with E-state index in [0.29, 0.717) is 28.3 Å². The Bertz CT molecular complexity index is 921. The van der Waals surface area contributed by atoms with Gasteiger partial charge < -0.3 is 25.0 Å². The average Bonchev–Trinajstić information content (AvgIpc) is 3.27. The predicted octanol–water partition coefficient (Wildman–Crippen LogP) is 3.69. The molecule has 0 atom stereocenters. The highest BCUT2D eigenvalue weighted by Crippen LogP contribution is 2.29. The zero-order valence-electron chi connectivity index (χ0n) is 18.0. The van der Waals surface area contributed by atoms with Crippen LogP contribution in [0.25, 0.3) is 0 Å². The molecule has 0 radical (unpaired) electrons. The number of rotatable bonds is 7. The Morgan fingerprint density at radius 3 is 2.30 bits per heavy atom. The van der Waals surface area contributed by atoms with E-state index in [4.69, 9.17) is 9.47 Å².